The van der Waals surface area contributed by atoms with Crippen LogP contribution in [0.15, 0.2) is 54.7 Å². The summed E-state index contributed by atoms with van der Waals surface area (Å²) in [4.78, 5) is 12.7. The van der Waals surface area contributed by atoms with E-state index in [4.69, 9.17) is 0 Å². The molecule has 29 heavy (non-hydrogen) atoms. The molecule has 1 radical (unpaired) electrons. The number of hydrogen-bond acceptors (Lipinski definition) is 1. The minimum atomic E-state index is -4.52. The third kappa shape index (κ3) is 4.02. The fourth-order valence-corrected chi connectivity index (χ4v) is 3.87. The summed E-state index contributed by atoms with van der Waals surface area (Å²) in [5.41, 5.74) is 0.0614. The molecule has 6 heteroatoms. The molecule has 2 aromatic carbocycles. The van der Waals surface area contributed by atoms with Crippen LogP contribution in [0.25, 0.3) is 16.6 Å². The Balaban J connectivity index is 1.70. The summed E-state index contributed by atoms with van der Waals surface area (Å²) >= 11 is 0. The van der Waals surface area contributed by atoms with E-state index in [0.29, 0.717) is 11.4 Å². The lowest BCUT2D eigenvalue weighted by molar-refractivity contribution is -0.137. The number of aromatic nitrogens is 1. The summed E-state index contributed by atoms with van der Waals surface area (Å²) < 4.78 is 42.5. The van der Waals surface area contributed by atoms with Crippen LogP contribution in [-0.4, -0.2) is 10.5 Å². The van der Waals surface area contributed by atoms with Crippen LogP contribution in [0.2, 0.25) is 0 Å². The minimum absolute atomic E-state index is 0.0476. The van der Waals surface area contributed by atoms with Gasteiger partial charge in [-0.1, -0.05) is 25.1 Å². The number of fused-ring (bicyclic) bond motifs is 1. The molecule has 151 valence electrons. The van der Waals surface area contributed by atoms with Crippen LogP contribution >= 0.6 is 0 Å². The molecule has 0 aliphatic heterocycles. The van der Waals surface area contributed by atoms with Crippen molar-refractivity contribution in [2.45, 2.75) is 38.8 Å². The van der Waals surface area contributed by atoms with Crippen molar-refractivity contribution < 1.29 is 18.0 Å². The molecule has 1 amide bonds. The number of benzene rings is 2. The molecule has 0 unspecified atom stereocenters. The molecule has 1 aliphatic rings. The van der Waals surface area contributed by atoms with Gasteiger partial charge in [-0.05, 0) is 67.3 Å². The molecule has 0 spiro atoms. The Bertz CT molecular complexity index is 1030. The van der Waals surface area contributed by atoms with Crippen molar-refractivity contribution in [3.8, 4) is 5.69 Å². The number of para-hydroxylation sites is 1. The fraction of sp³-hybridized carbons (Fsp3) is 0.304. The van der Waals surface area contributed by atoms with Crippen molar-refractivity contribution in [1.29, 1.82) is 0 Å². The average molecular weight is 399 g/mol. The Kier molecular flexibility index (Phi) is 5.11. The molecule has 1 N–H and O–H groups in total. The van der Waals surface area contributed by atoms with E-state index in [0.717, 1.165) is 43.2 Å². The third-order valence-corrected chi connectivity index (χ3v) is 5.59. The van der Waals surface area contributed by atoms with Crippen LogP contribution in [-0.2, 0) is 6.18 Å². The van der Waals surface area contributed by atoms with Crippen LogP contribution in [0.5, 0.6) is 0 Å². The number of nitrogens with one attached hydrogen (secondary N) is 1. The van der Waals surface area contributed by atoms with Gasteiger partial charge < -0.3 is 9.88 Å². The summed E-state index contributed by atoms with van der Waals surface area (Å²) in [5, 5.41) is 3.75. The highest BCUT2D eigenvalue weighted by Gasteiger charge is 2.34. The van der Waals surface area contributed by atoms with Gasteiger partial charge in [0.2, 0.25) is 0 Å². The minimum Gasteiger partial charge on any atom is -0.344 e. The number of rotatable bonds is 3. The molecular formula is C23H22F3N2O. The van der Waals surface area contributed by atoms with Crippen LogP contribution in [0.4, 0.5) is 13.2 Å². The van der Waals surface area contributed by atoms with Crippen LogP contribution in [0.3, 0.4) is 0 Å². The van der Waals surface area contributed by atoms with Gasteiger partial charge in [0.05, 0.1) is 22.8 Å². The number of nitrogens with zero attached hydrogens (tertiary/aromatic N) is 1. The zero-order valence-corrected chi connectivity index (χ0v) is 16.1. The van der Waals surface area contributed by atoms with E-state index < -0.39 is 11.7 Å². The molecule has 1 heterocycles. The second-order valence-corrected chi connectivity index (χ2v) is 7.71. The number of carbonyl (C=O) groups is 1. The first-order valence-corrected chi connectivity index (χ1v) is 9.76. The highest BCUT2D eigenvalue weighted by Crippen LogP contribution is 2.36. The molecule has 0 atom stereocenters. The second-order valence-electron chi connectivity index (χ2n) is 7.71. The SMILES string of the molecule is CC1CC[C](NC(=O)c2ccc(C(F)(F)F)c(-n3ccc4ccccc43)c2)CC1. The van der Waals surface area contributed by atoms with E-state index in [1.807, 2.05) is 12.1 Å². The van der Waals surface area contributed by atoms with Gasteiger partial charge >= 0.3 is 6.18 Å². The lowest BCUT2D eigenvalue weighted by Crippen LogP contribution is -2.31. The Morgan fingerprint density at radius 1 is 1.07 bits per heavy atom. The zero-order valence-electron chi connectivity index (χ0n) is 16.1. The Morgan fingerprint density at radius 2 is 1.79 bits per heavy atom. The van der Waals surface area contributed by atoms with Crippen molar-refractivity contribution >= 4 is 16.8 Å². The zero-order chi connectivity index (χ0) is 20.6. The Labute approximate surface area is 167 Å². The second kappa shape index (κ2) is 7.58. The van der Waals surface area contributed by atoms with Gasteiger partial charge in [-0.3, -0.25) is 4.79 Å². The molecule has 1 fully saturated rings. The first kappa shape index (κ1) is 19.6. The molecule has 3 aromatic rings. The summed E-state index contributed by atoms with van der Waals surface area (Å²) in [6.45, 7) is 2.18. The van der Waals surface area contributed by atoms with Gasteiger partial charge in [-0.15, -0.1) is 0 Å². The topological polar surface area (TPSA) is 34.0 Å². The van der Waals surface area contributed by atoms with Gasteiger partial charge in [0.1, 0.15) is 0 Å². The smallest absolute Gasteiger partial charge is 0.344 e. The van der Waals surface area contributed by atoms with Gasteiger partial charge in [0.25, 0.3) is 5.91 Å². The normalized spacial score (nSPS) is 16.3. The first-order valence-electron chi connectivity index (χ1n) is 9.76. The van der Waals surface area contributed by atoms with Gasteiger partial charge in [0.15, 0.2) is 0 Å². The van der Waals surface area contributed by atoms with Gasteiger partial charge in [-0.2, -0.15) is 13.2 Å². The van der Waals surface area contributed by atoms with Gasteiger partial charge in [-0.25, -0.2) is 0 Å². The molecule has 1 saturated carbocycles. The maximum Gasteiger partial charge on any atom is 0.418 e. The quantitative estimate of drug-likeness (QED) is 0.566. The number of hydrogen-bond donors (Lipinski definition) is 1. The highest BCUT2D eigenvalue weighted by atomic mass is 19.4. The van der Waals surface area contributed by atoms with Crippen molar-refractivity contribution in [2.24, 2.45) is 5.92 Å². The number of alkyl halides is 3. The molecular weight excluding hydrogens is 377 g/mol. The number of halogens is 3. The van der Waals surface area contributed by atoms with Crippen molar-refractivity contribution in [3.63, 3.8) is 0 Å². The number of carbonyl (C=O) groups excluding carboxylic acids is 1. The summed E-state index contributed by atoms with van der Waals surface area (Å²) in [5.74, 6) is 0.274. The fourth-order valence-electron chi connectivity index (χ4n) is 3.87. The molecule has 0 saturated heterocycles. The monoisotopic (exact) mass is 399 g/mol. The largest absolute Gasteiger partial charge is 0.418 e. The summed E-state index contributed by atoms with van der Waals surface area (Å²) in [7, 11) is 0. The van der Waals surface area contributed by atoms with Crippen LogP contribution in [0, 0.1) is 12.0 Å². The van der Waals surface area contributed by atoms with Crippen LogP contribution in [0.1, 0.15) is 48.5 Å². The van der Waals surface area contributed by atoms with Crippen LogP contribution < -0.4 is 5.32 Å². The molecule has 1 aliphatic carbocycles. The Hall–Kier alpha value is -2.76. The third-order valence-electron chi connectivity index (χ3n) is 5.59. The lowest BCUT2D eigenvalue weighted by atomic mass is 9.87. The van der Waals surface area contributed by atoms with E-state index in [1.165, 1.54) is 16.7 Å². The molecule has 3 nitrogen and oxygen atoms in total. The number of amides is 1. The summed E-state index contributed by atoms with van der Waals surface area (Å²) in [6, 6.07) is 13.5. The van der Waals surface area contributed by atoms with Crippen molar-refractivity contribution in [3.05, 3.63) is 71.9 Å². The summed E-state index contributed by atoms with van der Waals surface area (Å²) in [6.07, 6.45) is 0.760. The molecule has 0 bridgehead atoms. The van der Waals surface area contributed by atoms with Gasteiger partial charge in [0, 0.05) is 11.8 Å². The van der Waals surface area contributed by atoms with E-state index in [1.54, 1.807) is 24.4 Å². The molecule has 1 aromatic heterocycles. The van der Waals surface area contributed by atoms with Crippen molar-refractivity contribution in [2.75, 3.05) is 0 Å². The Morgan fingerprint density at radius 3 is 2.52 bits per heavy atom. The maximum absolute atomic E-state index is 13.7. The van der Waals surface area contributed by atoms with Crippen molar-refractivity contribution in [1.82, 2.24) is 9.88 Å². The van der Waals surface area contributed by atoms with E-state index in [9.17, 15) is 18.0 Å². The molecule has 4 rings (SSSR count). The van der Waals surface area contributed by atoms with E-state index >= 15 is 0 Å². The van der Waals surface area contributed by atoms with E-state index in [-0.39, 0.29) is 17.2 Å². The van der Waals surface area contributed by atoms with E-state index in [2.05, 4.69) is 12.2 Å². The lowest BCUT2D eigenvalue weighted by Gasteiger charge is -2.26. The maximum atomic E-state index is 13.7. The average Bonchev–Trinajstić information content (AvgIpc) is 3.12. The standard InChI is InChI=1S/C23H22F3N2O/c1-15-6-9-18(10-7-15)27-22(29)17-8-11-19(23(24,25)26)21(14-17)28-13-12-16-4-2-3-5-20(16)28/h2-5,8,11-15H,6-7,9-10H2,1H3,(H,27,29). The highest BCUT2D eigenvalue weighted by molar-refractivity contribution is 5.96. The predicted octanol–water partition coefficient (Wildman–Crippen LogP) is 6.12. The predicted molar refractivity (Wildman–Crippen MR) is 107 cm³/mol. The first-order chi connectivity index (χ1) is 13.8.